The molecule has 1 atom stereocenters. The van der Waals surface area contributed by atoms with E-state index < -0.39 is 6.04 Å². The van der Waals surface area contributed by atoms with Crippen LogP contribution in [0.25, 0.3) is 10.6 Å². The van der Waals surface area contributed by atoms with Crippen LogP contribution in [0.1, 0.15) is 51.4 Å². The van der Waals surface area contributed by atoms with Gasteiger partial charge in [-0.2, -0.15) is 0 Å². The van der Waals surface area contributed by atoms with Crippen molar-refractivity contribution >= 4 is 44.2 Å². The van der Waals surface area contributed by atoms with Crippen LogP contribution in [-0.2, 0) is 9.59 Å². The molecule has 1 saturated heterocycles. The van der Waals surface area contributed by atoms with E-state index in [2.05, 4.69) is 31.4 Å². The fourth-order valence-electron chi connectivity index (χ4n) is 4.31. The third kappa shape index (κ3) is 5.04. The minimum Gasteiger partial charge on any atom is -0.331 e. The Kier molecular flexibility index (Phi) is 6.60. The number of likely N-dealkylation sites (tertiary alicyclic amines) is 1. The number of anilines is 1. The number of amides is 2. The number of carbonyl (C=O) groups is 2. The van der Waals surface area contributed by atoms with E-state index in [0.29, 0.717) is 30.4 Å². The highest BCUT2D eigenvalue weighted by molar-refractivity contribution is 9.10. The van der Waals surface area contributed by atoms with Crippen LogP contribution >= 0.6 is 27.3 Å². The summed E-state index contributed by atoms with van der Waals surface area (Å²) in [7, 11) is 0. The average molecular weight is 477 g/mol. The molecule has 0 spiro atoms. The molecule has 154 valence electrons. The van der Waals surface area contributed by atoms with Crippen LogP contribution in [0.3, 0.4) is 0 Å². The Hall–Kier alpha value is -1.80. The number of aromatic nitrogens is 2. The van der Waals surface area contributed by atoms with Crippen molar-refractivity contribution in [3.63, 3.8) is 0 Å². The van der Waals surface area contributed by atoms with Crippen molar-refractivity contribution in [2.45, 2.75) is 57.4 Å². The van der Waals surface area contributed by atoms with Crippen LogP contribution < -0.4 is 5.32 Å². The van der Waals surface area contributed by atoms with Gasteiger partial charge < -0.3 is 4.90 Å². The Bertz CT molecular complexity index is 881. The Morgan fingerprint density at radius 3 is 2.79 bits per heavy atom. The van der Waals surface area contributed by atoms with E-state index in [-0.39, 0.29) is 11.8 Å². The van der Waals surface area contributed by atoms with Gasteiger partial charge in [-0.05, 0) is 37.3 Å². The third-order valence-corrected chi connectivity index (χ3v) is 7.22. The Balaban J connectivity index is 1.35. The van der Waals surface area contributed by atoms with Crippen molar-refractivity contribution in [1.29, 1.82) is 0 Å². The van der Waals surface area contributed by atoms with Crippen molar-refractivity contribution in [1.82, 2.24) is 15.1 Å². The quantitative estimate of drug-likeness (QED) is 0.645. The molecule has 4 rings (SSSR count). The lowest BCUT2D eigenvalue weighted by atomic mass is 10.0. The van der Waals surface area contributed by atoms with Crippen molar-refractivity contribution in [2.75, 3.05) is 11.9 Å². The monoisotopic (exact) mass is 476 g/mol. The van der Waals surface area contributed by atoms with E-state index in [0.717, 1.165) is 27.9 Å². The Morgan fingerprint density at radius 1 is 1.17 bits per heavy atom. The maximum absolute atomic E-state index is 12.8. The van der Waals surface area contributed by atoms with E-state index in [4.69, 9.17) is 0 Å². The predicted octanol–water partition coefficient (Wildman–Crippen LogP) is 4.87. The maximum atomic E-state index is 12.8. The molecule has 1 aromatic carbocycles. The third-order valence-electron chi connectivity index (χ3n) is 5.84. The fraction of sp³-hybridized carbons (Fsp3) is 0.524. The van der Waals surface area contributed by atoms with Gasteiger partial charge in [-0.15, -0.1) is 10.2 Å². The molecule has 2 aromatic rings. The van der Waals surface area contributed by atoms with E-state index in [1.807, 2.05) is 24.3 Å². The van der Waals surface area contributed by atoms with Crippen LogP contribution in [0.15, 0.2) is 28.7 Å². The SMILES string of the molecule is O=C(Nc1nnc(-c2cccc(Br)c2)s1)C1CCCN1C(=O)CCC1CCCC1. The van der Waals surface area contributed by atoms with Crippen molar-refractivity contribution < 1.29 is 9.59 Å². The first-order valence-corrected chi connectivity index (χ1v) is 11.9. The number of nitrogens with one attached hydrogen (secondary N) is 1. The largest absolute Gasteiger partial charge is 0.331 e. The molecule has 2 fully saturated rings. The van der Waals surface area contributed by atoms with Crippen LogP contribution in [0.2, 0.25) is 0 Å². The number of rotatable bonds is 6. The number of hydrogen-bond acceptors (Lipinski definition) is 5. The molecule has 0 bridgehead atoms. The first-order chi connectivity index (χ1) is 14.1. The number of halogens is 1. The smallest absolute Gasteiger partial charge is 0.249 e. The van der Waals surface area contributed by atoms with Gasteiger partial charge in [0.25, 0.3) is 0 Å². The van der Waals surface area contributed by atoms with Crippen LogP contribution in [0.4, 0.5) is 5.13 Å². The highest BCUT2D eigenvalue weighted by Gasteiger charge is 2.34. The zero-order chi connectivity index (χ0) is 20.2. The molecule has 1 saturated carbocycles. The van der Waals surface area contributed by atoms with Crippen molar-refractivity contribution in [2.24, 2.45) is 5.92 Å². The number of carbonyl (C=O) groups excluding carboxylic acids is 2. The summed E-state index contributed by atoms with van der Waals surface area (Å²) in [6, 6.07) is 7.41. The standard InChI is InChI=1S/C21H25BrN4O2S/c22-16-8-3-7-15(13-16)20-24-25-21(29-20)23-19(28)17-9-4-12-26(17)18(27)11-10-14-5-1-2-6-14/h3,7-8,13-14,17H,1-2,4-6,9-12H2,(H,23,25,28). The molecule has 29 heavy (non-hydrogen) atoms. The van der Waals surface area contributed by atoms with Gasteiger partial charge in [0.2, 0.25) is 16.9 Å². The van der Waals surface area contributed by atoms with Gasteiger partial charge in [-0.3, -0.25) is 14.9 Å². The topological polar surface area (TPSA) is 75.2 Å². The van der Waals surface area contributed by atoms with E-state index in [9.17, 15) is 9.59 Å². The van der Waals surface area contributed by atoms with Gasteiger partial charge in [-0.1, -0.05) is 65.1 Å². The molecule has 0 radical (unpaired) electrons. The van der Waals surface area contributed by atoms with E-state index >= 15 is 0 Å². The van der Waals surface area contributed by atoms with Crippen LogP contribution in [0, 0.1) is 5.92 Å². The van der Waals surface area contributed by atoms with Gasteiger partial charge in [0.05, 0.1) is 0 Å². The summed E-state index contributed by atoms with van der Waals surface area (Å²) in [6.45, 7) is 0.668. The first-order valence-electron chi connectivity index (χ1n) is 10.3. The summed E-state index contributed by atoms with van der Waals surface area (Å²) in [4.78, 5) is 27.3. The molecule has 1 N–H and O–H groups in total. The Labute approximate surface area is 183 Å². The summed E-state index contributed by atoms with van der Waals surface area (Å²) < 4.78 is 0.966. The second-order valence-electron chi connectivity index (χ2n) is 7.85. The summed E-state index contributed by atoms with van der Waals surface area (Å²) >= 11 is 4.79. The van der Waals surface area contributed by atoms with Gasteiger partial charge >= 0.3 is 0 Å². The van der Waals surface area contributed by atoms with Gasteiger partial charge in [0, 0.05) is 23.0 Å². The zero-order valence-corrected chi connectivity index (χ0v) is 18.7. The lowest BCUT2D eigenvalue weighted by Gasteiger charge is -2.24. The van der Waals surface area contributed by atoms with Gasteiger partial charge in [-0.25, -0.2) is 0 Å². The summed E-state index contributed by atoms with van der Waals surface area (Å²) in [5.74, 6) is 0.641. The first kappa shape index (κ1) is 20.5. The van der Waals surface area contributed by atoms with E-state index in [1.54, 1.807) is 4.90 Å². The summed E-state index contributed by atoms with van der Waals surface area (Å²) in [5.41, 5.74) is 0.946. The lowest BCUT2D eigenvalue weighted by molar-refractivity contribution is -0.136. The van der Waals surface area contributed by atoms with Gasteiger partial charge in [0.1, 0.15) is 11.0 Å². The number of nitrogens with zero attached hydrogens (tertiary/aromatic N) is 3. The predicted molar refractivity (Wildman–Crippen MR) is 118 cm³/mol. The molecule has 2 amide bonds. The van der Waals surface area contributed by atoms with Crippen molar-refractivity contribution in [3.8, 4) is 10.6 Å². The maximum Gasteiger partial charge on any atom is 0.249 e. The molecule has 1 aliphatic heterocycles. The van der Waals surface area contributed by atoms with Gasteiger partial charge in [0.15, 0.2) is 0 Å². The molecule has 6 nitrogen and oxygen atoms in total. The number of benzene rings is 1. The summed E-state index contributed by atoms with van der Waals surface area (Å²) in [5, 5.41) is 12.4. The van der Waals surface area contributed by atoms with Crippen LogP contribution in [-0.4, -0.2) is 39.5 Å². The number of hydrogen-bond donors (Lipinski definition) is 1. The molecule has 1 aliphatic carbocycles. The molecule has 1 unspecified atom stereocenters. The molecular weight excluding hydrogens is 452 g/mol. The average Bonchev–Trinajstić information content (AvgIpc) is 3.47. The molecule has 8 heteroatoms. The zero-order valence-electron chi connectivity index (χ0n) is 16.3. The fourth-order valence-corrected chi connectivity index (χ4v) is 5.45. The highest BCUT2D eigenvalue weighted by atomic mass is 79.9. The lowest BCUT2D eigenvalue weighted by Crippen LogP contribution is -2.43. The minimum atomic E-state index is -0.399. The molecule has 2 heterocycles. The second kappa shape index (κ2) is 9.34. The van der Waals surface area contributed by atoms with Crippen LogP contribution in [0.5, 0.6) is 0 Å². The second-order valence-corrected chi connectivity index (χ2v) is 9.74. The highest BCUT2D eigenvalue weighted by Crippen LogP contribution is 2.31. The molecule has 1 aromatic heterocycles. The minimum absolute atomic E-state index is 0.113. The summed E-state index contributed by atoms with van der Waals surface area (Å²) in [6.07, 6.45) is 8.15. The Morgan fingerprint density at radius 2 is 2.00 bits per heavy atom. The normalized spacial score (nSPS) is 19.6. The van der Waals surface area contributed by atoms with E-state index in [1.165, 1.54) is 37.0 Å². The molecule has 2 aliphatic rings. The van der Waals surface area contributed by atoms with Crippen molar-refractivity contribution in [3.05, 3.63) is 28.7 Å². The molecular formula is C21H25BrN4O2S.